The van der Waals surface area contributed by atoms with Crippen LogP contribution < -0.4 is 15.7 Å². The number of aliphatic hydroxyl groups is 1. The second-order valence-corrected chi connectivity index (χ2v) is 9.84. The van der Waals surface area contributed by atoms with Gasteiger partial charge in [0.1, 0.15) is 18.5 Å². The number of imidazole rings is 1. The summed E-state index contributed by atoms with van der Waals surface area (Å²) in [5.74, 6) is 0.173. The van der Waals surface area contributed by atoms with Gasteiger partial charge in [-0.25, -0.2) is 4.79 Å². The molecule has 0 radical (unpaired) electrons. The highest BCUT2D eigenvalue weighted by molar-refractivity contribution is 6.04. The Balaban J connectivity index is 1.15. The molecular weight excluding hydrogens is 525 g/mol. The number of hydrogen-bond donors (Lipinski definition) is 3. The van der Waals surface area contributed by atoms with Gasteiger partial charge in [-0.2, -0.15) is 13.2 Å². The number of ether oxygens (including phenoxy) is 1. The molecule has 3 aromatic carbocycles. The molecule has 4 aromatic rings. The van der Waals surface area contributed by atoms with Crippen molar-refractivity contribution in [1.29, 1.82) is 0 Å². The maximum atomic E-state index is 13.1. The lowest BCUT2D eigenvalue weighted by molar-refractivity contribution is -0.137. The summed E-state index contributed by atoms with van der Waals surface area (Å²) in [6.45, 7) is 1.57. The number of hydrogen-bond acceptors (Lipinski definition) is 5. The molecular formula is C29H29F3N4O4. The lowest BCUT2D eigenvalue weighted by Crippen LogP contribution is -2.42. The maximum absolute atomic E-state index is 13.1. The minimum atomic E-state index is -4.48. The van der Waals surface area contributed by atoms with Crippen LogP contribution in [-0.4, -0.2) is 57.8 Å². The van der Waals surface area contributed by atoms with Crippen molar-refractivity contribution in [2.24, 2.45) is 0 Å². The Hall–Kier alpha value is -4.09. The molecule has 0 bridgehead atoms. The third-order valence-electron chi connectivity index (χ3n) is 7.04. The Morgan fingerprint density at radius 3 is 2.48 bits per heavy atom. The van der Waals surface area contributed by atoms with Gasteiger partial charge in [-0.05, 0) is 55.3 Å². The Labute approximate surface area is 228 Å². The summed E-state index contributed by atoms with van der Waals surface area (Å²) in [6.07, 6.45) is -4.07. The number of nitrogens with one attached hydrogen (secondary N) is 2. The molecule has 0 aliphatic carbocycles. The molecule has 210 valence electrons. The van der Waals surface area contributed by atoms with Crippen molar-refractivity contribution in [3.05, 3.63) is 94.4 Å². The number of likely N-dealkylation sites (tertiary alicyclic amines) is 1. The topological polar surface area (TPSA) is 99.6 Å². The minimum Gasteiger partial charge on any atom is -0.489 e. The van der Waals surface area contributed by atoms with E-state index in [9.17, 15) is 27.9 Å². The first-order chi connectivity index (χ1) is 19.2. The molecule has 0 unspecified atom stereocenters. The number of nitrogens with zero attached hydrogens (tertiary/aromatic N) is 2. The van der Waals surface area contributed by atoms with Gasteiger partial charge in [-0.1, -0.05) is 30.3 Å². The van der Waals surface area contributed by atoms with Crippen molar-refractivity contribution >= 4 is 22.6 Å². The van der Waals surface area contributed by atoms with Crippen molar-refractivity contribution in [2.75, 3.05) is 31.6 Å². The molecule has 2 heterocycles. The van der Waals surface area contributed by atoms with Gasteiger partial charge in [0, 0.05) is 31.2 Å². The molecule has 1 fully saturated rings. The third kappa shape index (κ3) is 6.21. The Morgan fingerprint density at radius 1 is 1.05 bits per heavy atom. The van der Waals surface area contributed by atoms with Gasteiger partial charge in [0.2, 0.25) is 0 Å². The summed E-state index contributed by atoms with van der Waals surface area (Å²) in [4.78, 5) is 29.7. The van der Waals surface area contributed by atoms with Gasteiger partial charge in [-0.15, -0.1) is 0 Å². The van der Waals surface area contributed by atoms with Crippen molar-refractivity contribution in [3.8, 4) is 5.75 Å². The number of aromatic nitrogens is 2. The quantitative estimate of drug-likeness (QED) is 0.294. The molecule has 5 rings (SSSR count). The third-order valence-corrected chi connectivity index (χ3v) is 7.04. The van der Waals surface area contributed by atoms with Crippen LogP contribution in [0.25, 0.3) is 11.0 Å². The van der Waals surface area contributed by atoms with Crippen LogP contribution in [0.4, 0.5) is 18.9 Å². The summed E-state index contributed by atoms with van der Waals surface area (Å²) in [7, 11) is 0. The van der Waals surface area contributed by atoms with E-state index in [1.165, 1.54) is 10.6 Å². The molecule has 1 atom stereocenters. The first-order valence-corrected chi connectivity index (χ1v) is 13.0. The number of carbonyl (C=O) groups excluding carboxylic acids is 1. The fourth-order valence-electron chi connectivity index (χ4n) is 5.05. The second kappa shape index (κ2) is 11.6. The number of piperidine rings is 1. The smallest absolute Gasteiger partial charge is 0.416 e. The zero-order valence-electron chi connectivity index (χ0n) is 21.5. The zero-order valence-corrected chi connectivity index (χ0v) is 21.5. The monoisotopic (exact) mass is 554 g/mol. The molecule has 8 nitrogen and oxygen atoms in total. The van der Waals surface area contributed by atoms with E-state index in [4.69, 9.17) is 4.74 Å². The van der Waals surface area contributed by atoms with Crippen LogP contribution in [0.2, 0.25) is 0 Å². The number of amides is 1. The SMILES string of the molecule is O=C(Nc1ccccc1OC[C@H](O)CN1CCC(n2c(=O)[nH]c3cc(C(F)(F)F)ccc32)CC1)c1ccccc1. The number of halogens is 3. The number of alkyl halides is 3. The van der Waals surface area contributed by atoms with Gasteiger partial charge in [0.15, 0.2) is 0 Å². The number of fused-ring (bicyclic) bond motifs is 1. The van der Waals surface area contributed by atoms with E-state index < -0.39 is 23.5 Å². The standard InChI is InChI=1S/C29H29F3N4O4/c30-29(31,32)20-10-11-25-24(16-20)34-28(39)36(25)21-12-14-35(15-13-21)17-22(37)18-40-26-9-5-4-8-23(26)33-27(38)19-6-2-1-3-7-19/h1-11,16,21-22,37H,12-15,17-18H2,(H,33,38)(H,34,39)/t22-/m1/s1. The summed E-state index contributed by atoms with van der Waals surface area (Å²) < 4.78 is 46.5. The minimum absolute atomic E-state index is 0.0155. The molecule has 11 heteroatoms. The number of aromatic amines is 1. The molecule has 1 aliphatic rings. The molecule has 1 aromatic heterocycles. The van der Waals surface area contributed by atoms with Crippen molar-refractivity contribution in [3.63, 3.8) is 0 Å². The summed E-state index contributed by atoms with van der Waals surface area (Å²) >= 11 is 0. The van der Waals surface area contributed by atoms with Crippen LogP contribution in [0, 0.1) is 0 Å². The predicted molar refractivity (Wildman–Crippen MR) is 145 cm³/mol. The van der Waals surface area contributed by atoms with Gasteiger partial charge < -0.3 is 25.0 Å². The highest BCUT2D eigenvalue weighted by Gasteiger charge is 2.31. The number of H-pyrrole nitrogens is 1. The molecule has 1 aliphatic heterocycles. The van der Waals surface area contributed by atoms with E-state index in [1.807, 2.05) is 6.07 Å². The van der Waals surface area contributed by atoms with E-state index in [-0.39, 0.29) is 24.1 Å². The predicted octanol–water partition coefficient (Wildman–Crippen LogP) is 4.68. The summed E-state index contributed by atoms with van der Waals surface area (Å²) in [5.41, 5.74) is 0.385. The average Bonchev–Trinajstić information content (AvgIpc) is 3.28. The fraction of sp³-hybridized carbons (Fsp3) is 0.310. The number of para-hydroxylation sites is 2. The number of carbonyl (C=O) groups is 1. The molecule has 3 N–H and O–H groups in total. The number of rotatable bonds is 8. The number of aliphatic hydroxyl groups excluding tert-OH is 1. The highest BCUT2D eigenvalue weighted by Crippen LogP contribution is 2.32. The van der Waals surface area contributed by atoms with E-state index in [1.54, 1.807) is 48.5 Å². The summed E-state index contributed by atoms with van der Waals surface area (Å²) in [6, 6.07) is 18.9. The van der Waals surface area contributed by atoms with Gasteiger partial charge in [0.05, 0.1) is 22.3 Å². The molecule has 1 amide bonds. The van der Waals surface area contributed by atoms with Gasteiger partial charge in [-0.3, -0.25) is 9.36 Å². The number of anilines is 1. The Bertz CT molecular complexity index is 1530. The van der Waals surface area contributed by atoms with Crippen LogP contribution in [0.1, 0.15) is 34.8 Å². The Morgan fingerprint density at radius 2 is 1.75 bits per heavy atom. The fourth-order valence-corrected chi connectivity index (χ4v) is 5.05. The van der Waals surface area contributed by atoms with E-state index in [0.29, 0.717) is 55.0 Å². The highest BCUT2D eigenvalue weighted by atomic mass is 19.4. The second-order valence-electron chi connectivity index (χ2n) is 9.84. The molecule has 0 saturated carbocycles. The van der Waals surface area contributed by atoms with E-state index in [0.717, 1.165) is 12.1 Å². The number of β-amino-alcohol motifs (C(OH)–C–C–N with tert-alkyl or cyclic N) is 1. The van der Waals surface area contributed by atoms with Crippen LogP contribution >= 0.6 is 0 Å². The molecule has 40 heavy (non-hydrogen) atoms. The lowest BCUT2D eigenvalue weighted by Gasteiger charge is -2.33. The lowest BCUT2D eigenvalue weighted by atomic mass is 10.0. The van der Waals surface area contributed by atoms with Crippen molar-refractivity contribution in [1.82, 2.24) is 14.5 Å². The van der Waals surface area contributed by atoms with Crippen LogP contribution in [-0.2, 0) is 6.18 Å². The van der Waals surface area contributed by atoms with Crippen molar-refractivity contribution < 1.29 is 27.8 Å². The molecule has 1 saturated heterocycles. The van der Waals surface area contributed by atoms with E-state index >= 15 is 0 Å². The van der Waals surface area contributed by atoms with Gasteiger partial charge in [0.25, 0.3) is 5.91 Å². The summed E-state index contributed by atoms with van der Waals surface area (Å²) in [5, 5.41) is 13.5. The maximum Gasteiger partial charge on any atom is 0.416 e. The molecule has 0 spiro atoms. The zero-order chi connectivity index (χ0) is 28.3. The first-order valence-electron chi connectivity index (χ1n) is 13.0. The van der Waals surface area contributed by atoms with Crippen LogP contribution in [0.5, 0.6) is 5.75 Å². The van der Waals surface area contributed by atoms with Crippen LogP contribution in [0.3, 0.4) is 0 Å². The van der Waals surface area contributed by atoms with Crippen molar-refractivity contribution in [2.45, 2.75) is 31.2 Å². The Kier molecular flexibility index (Phi) is 7.95. The first kappa shape index (κ1) is 27.5. The number of benzene rings is 3. The van der Waals surface area contributed by atoms with Crippen LogP contribution in [0.15, 0.2) is 77.6 Å². The largest absolute Gasteiger partial charge is 0.489 e. The van der Waals surface area contributed by atoms with E-state index in [2.05, 4.69) is 15.2 Å². The average molecular weight is 555 g/mol. The van der Waals surface area contributed by atoms with Gasteiger partial charge >= 0.3 is 11.9 Å². The normalized spacial score (nSPS) is 15.7.